The Morgan fingerprint density at radius 1 is 1.38 bits per heavy atom. The van der Waals surface area contributed by atoms with Crippen LogP contribution in [0.25, 0.3) is 0 Å². The minimum atomic E-state index is 0.121. The second-order valence-electron chi connectivity index (χ2n) is 2.68. The molecule has 1 aromatic rings. The van der Waals surface area contributed by atoms with Crippen molar-refractivity contribution in [2.75, 3.05) is 13.2 Å². The largest absolute Gasteiger partial charge is 0.508 e. The summed E-state index contributed by atoms with van der Waals surface area (Å²) in [6.07, 6.45) is 0. The van der Waals surface area contributed by atoms with Gasteiger partial charge >= 0.3 is 0 Å². The van der Waals surface area contributed by atoms with Crippen LogP contribution in [0.5, 0.6) is 5.75 Å². The van der Waals surface area contributed by atoms with Crippen LogP contribution in [-0.4, -0.2) is 23.4 Å². The molecule has 0 bridgehead atoms. The van der Waals surface area contributed by atoms with Crippen LogP contribution in [0, 0.1) is 0 Å². The second-order valence-corrected chi connectivity index (χ2v) is 3.53. The number of hydrogen-bond acceptors (Lipinski definition) is 3. The minimum absolute atomic E-state index is 0.121. The molecule has 0 unspecified atom stereocenters. The molecule has 13 heavy (non-hydrogen) atoms. The van der Waals surface area contributed by atoms with E-state index >= 15 is 0 Å². The average Bonchev–Trinajstić information content (AvgIpc) is 2.11. The Balaban J connectivity index is 2.59. The van der Waals surface area contributed by atoms with Gasteiger partial charge in [-0.2, -0.15) is 0 Å². The number of rotatable bonds is 4. The molecule has 0 saturated heterocycles. The maximum Gasteiger partial charge on any atom is 0.115 e. The molecule has 4 heteroatoms. The highest BCUT2D eigenvalue weighted by molar-refractivity contribution is 9.10. The van der Waals surface area contributed by atoms with Gasteiger partial charge in [-0.25, -0.2) is 0 Å². The van der Waals surface area contributed by atoms with E-state index in [9.17, 15) is 5.11 Å². The molecule has 3 N–H and O–H groups in total. The van der Waals surface area contributed by atoms with Crippen LogP contribution in [0.15, 0.2) is 22.7 Å². The Kier molecular flexibility index (Phi) is 4.21. The fourth-order valence-electron chi connectivity index (χ4n) is 0.999. The van der Waals surface area contributed by atoms with Gasteiger partial charge in [0.15, 0.2) is 0 Å². The number of aromatic hydroxyl groups is 1. The summed E-state index contributed by atoms with van der Waals surface area (Å²) in [4.78, 5) is 0. The Hall–Kier alpha value is -0.580. The van der Waals surface area contributed by atoms with E-state index < -0.39 is 0 Å². The Morgan fingerprint density at radius 2 is 2.15 bits per heavy atom. The van der Waals surface area contributed by atoms with Crippen molar-refractivity contribution < 1.29 is 10.2 Å². The minimum Gasteiger partial charge on any atom is -0.508 e. The van der Waals surface area contributed by atoms with Gasteiger partial charge in [0.05, 0.1) is 6.61 Å². The van der Waals surface area contributed by atoms with E-state index in [0.717, 1.165) is 10.0 Å². The molecule has 1 rings (SSSR count). The van der Waals surface area contributed by atoms with Gasteiger partial charge in [-0.15, -0.1) is 0 Å². The number of nitrogens with one attached hydrogen (secondary N) is 1. The van der Waals surface area contributed by atoms with Crippen molar-refractivity contribution in [2.24, 2.45) is 0 Å². The van der Waals surface area contributed by atoms with Crippen molar-refractivity contribution in [3.8, 4) is 5.75 Å². The molecule has 0 aliphatic heterocycles. The molecule has 1 aromatic carbocycles. The standard InChI is InChI=1S/C9H12BrNO2/c10-9-2-1-8(13)5-7(9)6-11-3-4-12/h1-2,5,11-13H,3-4,6H2. The van der Waals surface area contributed by atoms with E-state index in [-0.39, 0.29) is 12.4 Å². The molecule has 0 fully saturated rings. The lowest BCUT2D eigenvalue weighted by Gasteiger charge is -2.05. The first-order chi connectivity index (χ1) is 6.24. The monoisotopic (exact) mass is 245 g/mol. The Morgan fingerprint density at radius 3 is 2.85 bits per heavy atom. The van der Waals surface area contributed by atoms with Crippen LogP contribution >= 0.6 is 15.9 Å². The summed E-state index contributed by atoms with van der Waals surface area (Å²) in [5.74, 6) is 0.254. The molecule has 0 radical (unpaired) electrons. The van der Waals surface area contributed by atoms with Crippen molar-refractivity contribution in [1.82, 2.24) is 5.32 Å². The molecule has 72 valence electrons. The predicted octanol–water partition coefficient (Wildman–Crippen LogP) is 1.24. The summed E-state index contributed by atoms with van der Waals surface area (Å²) in [7, 11) is 0. The third-order valence-corrected chi connectivity index (χ3v) is 2.41. The molecular formula is C9H12BrNO2. The number of benzene rings is 1. The van der Waals surface area contributed by atoms with Crippen LogP contribution in [-0.2, 0) is 6.54 Å². The molecule has 3 nitrogen and oxygen atoms in total. The fourth-order valence-corrected chi connectivity index (χ4v) is 1.39. The number of phenols is 1. The average molecular weight is 246 g/mol. The summed E-state index contributed by atoms with van der Waals surface area (Å²) in [6.45, 7) is 1.31. The summed E-state index contributed by atoms with van der Waals surface area (Å²) in [5.41, 5.74) is 0.980. The van der Waals surface area contributed by atoms with Crippen LogP contribution in [0.2, 0.25) is 0 Å². The van der Waals surface area contributed by atoms with Crippen molar-refractivity contribution in [2.45, 2.75) is 6.54 Å². The van der Waals surface area contributed by atoms with E-state index in [2.05, 4.69) is 21.2 Å². The zero-order chi connectivity index (χ0) is 9.68. The van der Waals surface area contributed by atoms with Gasteiger partial charge in [-0.3, -0.25) is 0 Å². The topological polar surface area (TPSA) is 52.5 Å². The number of phenolic OH excluding ortho intramolecular Hbond substituents is 1. The zero-order valence-corrected chi connectivity index (χ0v) is 8.71. The summed E-state index contributed by atoms with van der Waals surface area (Å²) >= 11 is 3.37. The van der Waals surface area contributed by atoms with Gasteiger partial charge < -0.3 is 15.5 Å². The van der Waals surface area contributed by atoms with Crippen LogP contribution in [0.4, 0.5) is 0 Å². The van der Waals surface area contributed by atoms with Crippen LogP contribution in [0.1, 0.15) is 5.56 Å². The lowest BCUT2D eigenvalue weighted by molar-refractivity contribution is 0.292. The van der Waals surface area contributed by atoms with E-state index in [4.69, 9.17) is 5.11 Å². The van der Waals surface area contributed by atoms with E-state index in [0.29, 0.717) is 13.1 Å². The smallest absolute Gasteiger partial charge is 0.115 e. The van der Waals surface area contributed by atoms with Crippen molar-refractivity contribution in [3.05, 3.63) is 28.2 Å². The molecule has 0 aliphatic rings. The highest BCUT2D eigenvalue weighted by Gasteiger charge is 1.99. The number of aliphatic hydroxyl groups excluding tert-OH is 1. The van der Waals surface area contributed by atoms with E-state index in [1.54, 1.807) is 18.2 Å². The highest BCUT2D eigenvalue weighted by atomic mass is 79.9. The lowest BCUT2D eigenvalue weighted by atomic mass is 10.2. The first-order valence-electron chi connectivity index (χ1n) is 4.03. The van der Waals surface area contributed by atoms with Crippen LogP contribution in [0.3, 0.4) is 0 Å². The van der Waals surface area contributed by atoms with Gasteiger partial charge in [0.2, 0.25) is 0 Å². The number of hydrogen-bond donors (Lipinski definition) is 3. The number of halogens is 1. The number of aliphatic hydroxyl groups is 1. The maximum atomic E-state index is 9.20. The first-order valence-corrected chi connectivity index (χ1v) is 4.82. The molecular weight excluding hydrogens is 234 g/mol. The van der Waals surface area contributed by atoms with Crippen molar-refractivity contribution in [3.63, 3.8) is 0 Å². The third kappa shape index (κ3) is 3.34. The maximum absolute atomic E-state index is 9.20. The van der Waals surface area contributed by atoms with Gasteiger partial charge in [-0.05, 0) is 23.8 Å². The zero-order valence-electron chi connectivity index (χ0n) is 7.13. The molecule has 0 saturated carbocycles. The van der Waals surface area contributed by atoms with Crippen molar-refractivity contribution in [1.29, 1.82) is 0 Å². The normalized spacial score (nSPS) is 10.3. The molecule has 0 atom stereocenters. The third-order valence-electron chi connectivity index (χ3n) is 1.63. The lowest BCUT2D eigenvalue weighted by Crippen LogP contribution is -2.17. The Labute approximate surface area is 85.5 Å². The fraction of sp³-hybridized carbons (Fsp3) is 0.333. The molecule has 0 aliphatic carbocycles. The second kappa shape index (κ2) is 5.21. The van der Waals surface area contributed by atoms with Gasteiger partial charge in [0.25, 0.3) is 0 Å². The first kappa shape index (κ1) is 10.5. The van der Waals surface area contributed by atoms with Crippen molar-refractivity contribution >= 4 is 15.9 Å². The summed E-state index contributed by atoms with van der Waals surface area (Å²) in [5, 5.41) is 20.8. The summed E-state index contributed by atoms with van der Waals surface area (Å²) in [6, 6.07) is 5.11. The highest BCUT2D eigenvalue weighted by Crippen LogP contribution is 2.21. The SMILES string of the molecule is OCCNCc1cc(O)ccc1Br. The summed E-state index contributed by atoms with van der Waals surface area (Å²) < 4.78 is 0.954. The quantitative estimate of drug-likeness (QED) is 0.700. The van der Waals surface area contributed by atoms with Gasteiger partial charge in [-0.1, -0.05) is 15.9 Å². The Bertz CT molecular complexity index is 278. The molecule has 0 heterocycles. The van der Waals surface area contributed by atoms with E-state index in [1.165, 1.54) is 0 Å². The van der Waals surface area contributed by atoms with Gasteiger partial charge in [0.1, 0.15) is 5.75 Å². The van der Waals surface area contributed by atoms with Crippen LogP contribution < -0.4 is 5.32 Å². The molecule has 0 spiro atoms. The predicted molar refractivity (Wildman–Crippen MR) is 54.6 cm³/mol. The molecule has 0 aromatic heterocycles. The molecule has 0 amide bonds. The van der Waals surface area contributed by atoms with E-state index in [1.807, 2.05) is 0 Å². The van der Waals surface area contributed by atoms with Gasteiger partial charge in [0, 0.05) is 17.6 Å².